The van der Waals surface area contributed by atoms with Crippen molar-refractivity contribution in [3.05, 3.63) is 87.2 Å². The van der Waals surface area contributed by atoms with E-state index in [9.17, 15) is 4.79 Å². The Morgan fingerprint density at radius 3 is 2.64 bits per heavy atom. The third-order valence-corrected chi connectivity index (χ3v) is 4.15. The summed E-state index contributed by atoms with van der Waals surface area (Å²) in [6, 6.07) is 16.2. The van der Waals surface area contributed by atoms with Crippen molar-refractivity contribution < 1.29 is 9.15 Å². The summed E-state index contributed by atoms with van der Waals surface area (Å²) in [7, 11) is 0. The Bertz CT molecular complexity index is 1070. The molecule has 3 aromatic rings. The molecule has 5 nitrogen and oxygen atoms in total. The zero-order chi connectivity index (χ0) is 17.4. The van der Waals surface area contributed by atoms with Crippen molar-refractivity contribution in [2.75, 3.05) is 0 Å². The number of fused-ring (bicyclic) bond motifs is 1. The van der Waals surface area contributed by atoms with Crippen LogP contribution in [-0.2, 0) is 4.74 Å². The Kier molecular flexibility index (Phi) is 3.78. The van der Waals surface area contributed by atoms with Crippen LogP contribution in [0.2, 0.25) is 5.02 Å². The molecule has 0 bridgehead atoms. The van der Waals surface area contributed by atoms with Crippen LogP contribution in [-0.4, -0.2) is 6.02 Å². The molecule has 0 amide bonds. The topological polar surface area (TPSA) is 77.8 Å². The number of amidine groups is 1. The zero-order valence-corrected chi connectivity index (χ0v) is 13.7. The monoisotopic (exact) mass is 352 g/mol. The number of hydrogen-bond donors (Lipinski definition) is 1. The van der Waals surface area contributed by atoms with Gasteiger partial charge in [0.25, 0.3) is 6.02 Å². The lowest BCUT2D eigenvalue weighted by atomic mass is 10.0. The van der Waals surface area contributed by atoms with Gasteiger partial charge in [-0.2, -0.15) is 4.99 Å². The van der Waals surface area contributed by atoms with Gasteiger partial charge in [0.05, 0.1) is 11.3 Å². The van der Waals surface area contributed by atoms with Gasteiger partial charge < -0.3 is 14.9 Å². The molecule has 1 aliphatic rings. The lowest BCUT2D eigenvalue weighted by Gasteiger charge is -2.20. The van der Waals surface area contributed by atoms with E-state index in [1.807, 2.05) is 30.3 Å². The lowest BCUT2D eigenvalue weighted by Crippen LogP contribution is -2.25. The van der Waals surface area contributed by atoms with E-state index >= 15 is 0 Å². The fraction of sp³-hybridized carbons (Fsp3) is 0.0526. The molecule has 1 aromatic heterocycles. The second-order valence-corrected chi connectivity index (χ2v) is 6.01. The van der Waals surface area contributed by atoms with E-state index in [1.165, 1.54) is 0 Å². The van der Waals surface area contributed by atoms with Crippen molar-refractivity contribution in [2.24, 2.45) is 10.7 Å². The smallest absolute Gasteiger partial charge is 0.343 e. The Hall–Kier alpha value is -3.05. The number of nitrogens with zero attached hydrogens (tertiary/aromatic N) is 1. The zero-order valence-electron chi connectivity index (χ0n) is 13.0. The highest BCUT2D eigenvalue weighted by Crippen LogP contribution is 2.29. The van der Waals surface area contributed by atoms with Crippen LogP contribution in [0.5, 0.6) is 0 Å². The standard InChI is InChI=1S/C19H13ClN2O3/c20-13-7-5-11(6-8-13)15-10-17(25-19(21)22-15)14-9-12-3-1-2-4-16(12)24-18(14)23/h1-10,17H,(H2,21,22). The summed E-state index contributed by atoms with van der Waals surface area (Å²) in [5.41, 5.74) is 7.67. The van der Waals surface area contributed by atoms with Crippen LogP contribution in [0.1, 0.15) is 17.2 Å². The number of hydrogen-bond acceptors (Lipinski definition) is 5. The summed E-state index contributed by atoms with van der Waals surface area (Å²) in [5, 5.41) is 1.43. The van der Waals surface area contributed by atoms with E-state index in [1.54, 1.807) is 30.3 Å². The van der Waals surface area contributed by atoms with Gasteiger partial charge in [-0.05, 0) is 30.3 Å². The first kappa shape index (κ1) is 15.5. The third kappa shape index (κ3) is 3.02. The third-order valence-electron chi connectivity index (χ3n) is 3.90. The average Bonchev–Trinajstić information content (AvgIpc) is 2.61. The molecule has 2 N–H and O–H groups in total. The van der Waals surface area contributed by atoms with E-state index < -0.39 is 11.7 Å². The highest BCUT2D eigenvalue weighted by atomic mass is 35.5. The van der Waals surface area contributed by atoms with E-state index in [-0.39, 0.29) is 6.02 Å². The number of rotatable bonds is 2. The number of ether oxygens (including phenoxy) is 1. The number of halogens is 1. The molecule has 1 aliphatic heterocycles. The molecule has 2 aromatic carbocycles. The molecule has 4 rings (SSSR count). The molecule has 124 valence electrons. The maximum absolute atomic E-state index is 12.4. The number of benzene rings is 2. The van der Waals surface area contributed by atoms with Gasteiger partial charge in [0.15, 0.2) is 6.10 Å². The van der Waals surface area contributed by atoms with Gasteiger partial charge in [-0.3, -0.25) is 0 Å². The van der Waals surface area contributed by atoms with Crippen LogP contribution >= 0.6 is 11.6 Å². The van der Waals surface area contributed by atoms with Crippen molar-refractivity contribution in [2.45, 2.75) is 6.10 Å². The molecular formula is C19H13ClN2O3. The molecular weight excluding hydrogens is 340 g/mol. The molecule has 1 atom stereocenters. The predicted octanol–water partition coefficient (Wildman–Crippen LogP) is 3.87. The van der Waals surface area contributed by atoms with Gasteiger partial charge in [-0.25, -0.2) is 4.79 Å². The summed E-state index contributed by atoms with van der Waals surface area (Å²) in [6.07, 6.45) is 1.06. The van der Waals surface area contributed by atoms with Crippen molar-refractivity contribution in [1.29, 1.82) is 0 Å². The maximum atomic E-state index is 12.4. The van der Waals surface area contributed by atoms with E-state index in [0.717, 1.165) is 10.9 Å². The Labute approximate surface area is 148 Å². The molecule has 0 spiro atoms. The average molecular weight is 353 g/mol. The van der Waals surface area contributed by atoms with Crippen molar-refractivity contribution in [3.63, 3.8) is 0 Å². The van der Waals surface area contributed by atoms with Crippen LogP contribution in [0.4, 0.5) is 0 Å². The van der Waals surface area contributed by atoms with E-state index in [0.29, 0.717) is 21.9 Å². The van der Waals surface area contributed by atoms with Crippen molar-refractivity contribution >= 4 is 34.3 Å². The lowest BCUT2D eigenvalue weighted by molar-refractivity contribution is 0.228. The maximum Gasteiger partial charge on any atom is 0.343 e. The van der Waals surface area contributed by atoms with E-state index in [4.69, 9.17) is 26.5 Å². The summed E-state index contributed by atoms with van der Waals surface area (Å²) in [5.74, 6) is 0. The minimum Gasteiger partial charge on any atom is -0.452 e. The number of aliphatic imine (C=N–C) groups is 1. The minimum atomic E-state index is -0.677. The molecule has 0 radical (unpaired) electrons. The SMILES string of the molecule is NC1=NC(c2ccc(Cl)cc2)=CC(c2cc3ccccc3oc2=O)O1. The largest absolute Gasteiger partial charge is 0.452 e. The molecule has 0 fully saturated rings. The van der Waals surface area contributed by atoms with Gasteiger partial charge in [0, 0.05) is 16.0 Å². The highest BCUT2D eigenvalue weighted by molar-refractivity contribution is 6.30. The summed E-state index contributed by atoms with van der Waals surface area (Å²) in [4.78, 5) is 16.6. The minimum absolute atomic E-state index is 0.00925. The molecule has 1 unspecified atom stereocenters. The molecule has 0 aliphatic carbocycles. The van der Waals surface area contributed by atoms with Crippen LogP contribution < -0.4 is 11.4 Å². The van der Waals surface area contributed by atoms with Gasteiger partial charge >= 0.3 is 5.63 Å². The van der Waals surface area contributed by atoms with Crippen LogP contribution in [0.25, 0.3) is 16.7 Å². The van der Waals surface area contributed by atoms with Gasteiger partial charge in [0.2, 0.25) is 0 Å². The summed E-state index contributed by atoms with van der Waals surface area (Å²) < 4.78 is 10.9. The highest BCUT2D eigenvalue weighted by Gasteiger charge is 2.23. The Morgan fingerprint density at radius 2 is 1.84 bits per heavy atom. The summed E-state index contributed by atoms with van der Waals surface area (Å²) >= 11 is 5.92. The van der Waals surface area contributed by atoms with Gasteiger partial charge in [-0.1, -0.05) is 41.9 Å². The Morgan fingerprint density at radius 1 is 1.08 bits per heavy atom. The molecule has 0 saturated heterocycles. The molecule has 25 heavy (non-hydrogen) atoms. The molecule has 2 heterocycles. The first-order valence-electron chi connectivity index (χ1n) is 7.61. The Balaban J connectivity index is 1.80. The fourth-order valence-corrected chi connectivity index (χ4v) is 2.83. The van der Waals surface area contributed by atoms with E-state index in [2.05, 4.69) is 4.99 Å². The van der Waals surface area contributed by atoms with Crippen LogP contribution in [0.3, 0.4) is 0 Å². The van der Waals surface area contributed by atoms with Crippen LogP contribution in [0, 0.1) is 0 Å². The van der Waals surface area contributed by atoms with Crippen molar-refractivity contribution in [3.8, 4) is 0 Å². The van der Waals surface area contributed by atoms with Gasteiger partial charge in [-0.15, -0.1) is 0 Å². The molecule has 0 saturated carbocycles. The number of para-hydroxylation sites is 1. The normalized spacial score (nSPS) is 16.9. The van der Waals surface area contributed by atoms with Gasteiger partial charge in [0.1, 0.15) is 5.58 Å². The first-order valence-corrected chi connectivity index (χ1v) is 7.99. The second-order valence-electron chi connectivity index (χ2n) is 5.57. The quantitative estimate of drug-likeness (QED) is 0.710. The molecule has 6 heteroatoms. The van der Waals surface area contributed by atoms with Crippen LogP contribution in [0.15, 0.2) is 74.9 Å². The second kappa shape index (κ2) is 6.11. The fourth-order valence-electron chi connectivity index (χ4n) is 2.70. The van der Waals surface area contributed by atoms with Crippen molar-refractivity contribution in [1.82, 2.24) is 0 Å². The summed E-state index contributed by atoms with van der Waals surface area (Å²) in [6.45, 7) is 0. The first-order chi connectivity index (χ1) is 12.1. The number of nitrogens with two attached hydrogens (primary N) is 1. The predicted molar refractivity (Wildman–Crippen MR) is 97.4 cm³/mol.